The lowest BCUT2D eigenvalue weighted by Gasteiger charge is -2.20. The minimum atomic E-state index is 0.0801. The van der Waals surface area contributed by atoms with Gasteiger partial charge in [0.15, 0.2) is 0 Å². The zero-order valence-corrected chi connectivity index (χ0v) is 9.96. The lowest BCUT2D eigenvalue weighted by Crippen LogP contribution is -2.13. The SMILES string of the molecule is C=CC[C@H](N)c1ccc(C(C)(C)C)cc1. The number of rotatable bonds is 3. The van der Waals surface area contributed by atoms with Crippen LogP contribution in [0.2, 0.25) is 0 Å². The van der Waals surface area contributed by atoms with Crippen LogP contribution in [0.15, 0.2) is 36.9 Å². The van der Waals surface area contributed by atoms with Crippen LogP contribution in [0.1, 0.15) is 44.4 Å². The van der Waals surface area contributed by atoms with Gasteiger partial charge in [0, 0.05) is 6.04 Å². The molecule has 1 aromatic carbocycles. The molecular formula is C14H21N. The summed E-state index contributed by atoms with van der Waals surface area (Å²) >= 11 is 0. The molecule has 0 aliphatic rings. The Balaban J connectivity index is 2.85. The van der Waals surface area contributed by atoms with Crippen molar-refractivity contribution in [3.63, 3.8) is 0 Å². The molecule has 82 valence electrons. The summed E-state index contributed by atoms with van der Waals surface area (Å²) in [5.74, 6) is 0. The van der Waals surface area contributed by atoms with Gasteiger partial charge in [-0.2, -0.15) is 0 Å². The lowest BCUT2D eigenvalue weighted by atomic mass is 9.86. The van der Waals surface area contributed by atoms with E-state index < -0.39 is 0 Å². The molecule has 15 heavy (non-hydrogen) atoms. The molecule has 0 amide bonds. The minimum Gasteiger partial charge on any atom is -0.324 e. The highest BCUT2D eigenvalue weighted by molar-refractivity contribution is 5.29. The second kappa shape index (κ2) is 4.63. The molecule has 0 spiro atoms. The van der Waals surface area contributed by atoms with Crippen molar-refractivity contribution in [2.75, 3.05) is 0 Å². The van der Waals surface area contributed by atoms with Crippen LogP contribution in [0.4, 0.5) is 0 Å². The Hall–Kier alpha value is -1.08. The first kappa shape index (κ1) is 12.0. The van der Waals surface area contributed by atoms with E-state index in [1.54, 1.807) is 0 Å². The molecule has 0 saturated heterocycles. The molecule has 0 fully saturated rings. The maximum atomic E-state index is 5.99. The predicted octanol–water partition coefficient (Wildman–Crippen LogP) is 3.56. The molecule has 0 aliphatic heterocycles. The van der Waals surface area contributed by atoms with E-state index >= 15 is 0 Å². The van der Waals surface area contributed by atoms with Crippen LogP contribution < -0.4 is 5.73 Å². The highest BCUT2D eigenvalue weighted by Crippen LogP contribution is 2.24. The van der Waals surface area contributed by atoms with Crippen LogP contribution in [0, 0.1) is 0 Å². The average Bonchev–Trinajstić information content (AvgIpc) is 2.17. The molecule has 0 unspecified atom stereocenters. The quantitative estimate of drug-likeness (QED) is 0.747. The van der Waals surface area contributed by atoms with Gasteiger partial charge in [-0.05, 0) is 23.0 Å². The summed E-state index contributed by atoms with van der Waals surface area (Å²) in [6.45, 7) is 10.3. The zero-order valence-electron chi connectivity index (χ0n) is 9.96. The van der Waals surface area contributed by atoms with Crippen molar-refractivity contribution in [3.8, 4) is 0 Å². The topological polar surface area (TPSA) is 26.0 Å². The normalized spacial score (nSPS) is 13.6. The maximum absolute atomic E-state index is 5.99. The largest absolute Gasteiger partial charge is 0.324 e. The summed E-state index contributed by atoms with van der Waals surface area (Å²) in [4.78, 5) is 0. The number of hydrogen-bond acceptors (Lipinski definition) is 1. The van der Waals surface area contributed by atoms with Crippen LogP contribution in [-0.2, 0) is 5.41 Å². The van der Waals surface area contributed by atoms with Gasteiger partial charge >= 0.3 is 0 Å². The summed E-state index contributed by atoms with van der Waals surface area (Å²) in [6.07, 6.45) is 2.69. The molecule has 0 aliphatic carbocycles. The first-order chi connectivity index (χ1) is 6.95. The van der Waals surface area contributed by atoms with Gasteiger partial charge in [-0.15, -0.1) is 6.58 Å². The summed E-state index contributed by atoms with van der Waals surface area (Å²) < 4.78 is 0. The fourth-order valence-electron chi connectivity index (χ4n) is 1.55. The molecule has 0 radical (unpaired) electrons. The zero-order chi connectivity index (χ0) is 11.5. The van der Waals surface area contributed by atoms with Crippen LogP contribution in [0.5, 0.6) is 0 Å². The third kappa shape index (κ3) is 3.21. The Bertz CT molecular complexity index is 316. The molecule has 1 rings (SSSR count). The van der Waals surface area contributed by atoms with Crippen molar-refractivity contribution < 1.29 is 0 Å². The van der Waals surface area contributed by atoms with Crippen LogP contribution in [0.3, 0.4) is 0 Å². The van der Waals surface area contributed by atoms with Crippen LogP contribution >= 0.6 is 0 Å². The molecule has 1 atom stereocenters. The van der Waals surface area contributed by atoms with E-state index in [1.807, 2.05) is 6.08 Å². The highest BCUT2D eigenvalue weighted by Gasteiger charge is 2.13. The Labute approximate surface area is 93.0 Å². The smallest absolute Gasteiger partial charge is 0.0329 e. The fourth-order valence-corrected chi connectivity index (χ4v) is 1.55. The first-order valence-corrected chi connectivity index (χ1v) is 5.42. The van der Waals surface area contributed by atoms with E-state index in [2.05, 4.69) is 51.6 Å². The van der Waals surface area contributed by atoms with Crippen molar-refractivity contribution in [1.82, 2.24) is 0 Å². The van der Waals surface area contributed by atoms with E-state index in [1.165, 1.54) is 11.1 Å². The Morgan fingerprint density at radius 3 is 2.20 bits per heavy atom. The van der Waals surface area contributed by atoms with E-state index in [0.717, 1.165) is 6.42 Å². The summed E-state index contributed by atoms with van der Waals surface area (Å²) in [5, 5.41) is 0. The molecule has 1 nitrogen and oxygen atoms in total. The molecule has 0 heterocycles. The van der Waals surface area contributed by atoms with Gasteiger partial charge in [0.1, 0.15) is 0 Å². The molecule has 0 aromatic heterocycles. The van der Waals surface area contributed by atoms with Crippen molar-refractivity contribution in [1.29, 1.82) is 0 Å². The van der Waals surface area contributed by atoms with Crippen molar-refractivity contribution in [2.24, 2.45) is 5.73 Å². The second-order valence-electron chi connectivity index (χ2n) is 5.00. The third-order valence-electron chi connectivity index (χ3n) is 2.63. The van der Waals surface area contributed by atoms with Gasteiger partial charge < -0.3 is 5.73 Å². The maximum Gasteiger partial charge on any atom is 0.0329 e. The standard InChI is InChI=1S/C14H21N/c1-5-6-13(15)11-7-9-12(10-8-11)14(2,3)4/h5,7-10,13H,1,6,15H2,2-4H3/t13-/m0/s1. The Morgan fingerprint density at radius 1 is 1.27 bits per heavy atom. The number of hydrogen-bond donors (Lipinski definition) is 1. The second-order valence-corrected chi connectivity index (χ2v) is 5.00. The summed E-state index contributed by atoms with van der Waals surface area (Å²) in [6, 6.07) is 8.65. The molecule has 0 saturated carbocycles. The van der Waals surface area contributed by atoms with Gasteiger partial charge in [-0.1, -0.05) is 51.1 Å². The molecule has 1 heteroatoms. The lowest BCUT2D eigenvalue weighted by molar-refractivity contribution is 0.589. The minimum absolute atomic E-state index is 0.0801. The first-order valence-electron chi connectivity index (χ1n) is 5.42. The summed E-state index contributed by atoms with van der Waals surface area (Å²) in [5.41, 5.74) is 8.73. The van der Waals surface area contributed by atoms with Gasteiger partial charge in [0.05, 0.1) is 0 Å². The van der Waals surface area contributed by atoms with Crippen LogP contribution in [0.25, 0.3) is 0 Å². The molecule has 2 N–H and O–H groups in total. The van der Waals surface area contributed by atoms with E-state index in [0.29, 0.717) is 0 Å². The molecule has 0 bridgehead atoms. The Morgan fingerprint density at radius 2 is 1.80 bits per heavy atom. The Kier molecular flexibility index (Phi) is 3.70. The van der Waals surface area contributed by atoms with Gasteiger partial charge in [0.2, 0.25) is 0 Å². The third-order valence-corrected chi connectivity index (χ3v) is 2.63. The highest BCUT2D eigenvalue weighted by atomic mass is 14.6. The average molecular weight is 203 g/mol. The number of nitrogens with two attached hydrogens (primary N) is 1. The monoisotopic (exact) mass is 203 g/mol. The van der Waals surface area contributed by atoms with Crippen molar-refractivity contribution in [2.45, 2.75) is 38.6 Å². The van der Waals surface area contributed by atoms with E-state index in [-0.39, 0.29) is 11.5 Å². The van der Waals surface area contributed by atoms with E-state index in [9.17, 15) is 0 Å². The van der Waals surface area contributed by atoms with Crippen molar-refractivity contribution >= 4 is 0 Å². The molecular weight excluding hydrogens is 182 g/mol. The van der Waals surface area contributed by atoms with Gasteiger partial charge in [-0.25, -0.2) is 0 Å². The van der Waals surface area contributed by atoms with Crippen LogP contribution in [-0.4, -0.2) is 0 Å². The van der Waals surface area contributed by atoms with E-state index in [4.69, 9.17) is 5.73 Å². The molecule has 1 aromatic rings. The fraction of sp³-hybridized carbons (Fsp3) is 0.429. The van der Waals surface area contributed by atoms with Crippen molar-refractivity contribution in [3.05, 3.63) is 48.0 Å². The van der Waals surface area contributed by atoms with Gasteiger partial charge in [0.25, 0.3) is 0 Å². The summed E-state index contributed by atoms with van der Waals surface area (Å²) in [7, 11) is 0. The predicted molar refractivity (Wildman–Crippen MR) is 66.9 cm³/mol. The number of benzene rings is 1. The van der Waals surface area contributed by atoms with Gasteiger partial charge in [-0.3, -0.25) is 0 Å².